The maximum absolute atomic E-state index is 11.1. The van der Waals surface area contributed by atoms with Crippen molar-refractivity contribution < 1.29 is 9.53 Å². The van der Waals surface area contributed by atoms with Crippen molar-refractivity contribution in [2.45, 2.75) is 20.8 Å². The zero-order valence-electron chi connectivity index (χ0n) is 12.2. The highest BCUT2D eigenvalue weighted by atomic mass is 16.5. The summed E-state index contributed by atoms with van der Waals surface area (Å²) in [6.45, 7) is 7.14. The van der Waals surface area contributed by atoms with E-state index in [1.807, 2.05) is 20.0 Å². The molecule has 0 atom stereocenters. The second kappa shape index (κ2) is 6.92. The average molecular weight is 266 g/mol. The Morgan fingerprint density at radius 1 is 1.47 bits per heavy atom. The predicted octanol–water partition coefficient (Wildman–Crippen LogP) is 1.46. The van der Waals surface area contributed by atoms with Crippen LogP contribution in [0, 0.1) is 12.8 Å². The molecule has 6 heteroatoms. The van der Waals surface area contributed by atoms with Crippen molar-refractivity contribution in [3.63, 3.8) is 0 Å². The number of esters is 1. The Morgan fingerprint density at radius 2 is 2.16 bits per heavy atom. The number of nitrogens with zero attached hydrogens (tertiary/aromatic N) is 3. The van der Waals surface area contributed by atoms with E-state index in [0.717, 1.165) is 12.4 Å². The van der Waals surface area contributed by atoms with E-state index in [0.29, 0.717) is 17.6 Å². The van der Waals surface area contributed by atoms with Crippen LogP contribution in [0.25, 0.3) is 0 Å². The van der Waals surface area contributed by atoms with Gasteiger partial charge >= 0.3 is 5.97 Å². The quantitative estimate of drug-likeness (QED) is 0.786. The van der Waals surface area contributed by atoms with Crippen molar-refractivity contribution in [3.8, 4) is 0 Å². The molecule has 0 aliphatic rings. The predicted molar refractivity (Wildman–Crippen MR) is 75.4 cm³/mol. The lowest BCUT2D eigenvalue weighted by Gasteiger charge is -2.21. The van der Waals surface area contributed by atoms with Gasteiger partial charge in [-0.2, -0.15) is 0 Å². The molecule has 1 heterocycles. The normalized spacial score (nSPS) is 10.4. The first-order valence-electron chi connectivity index (χ1n) is 6.30. The molecule has 0 unspecified atom stereocenters. The monoisotopic (exact) mass is 266 g/mol. The number of nitrogens with one attached hydrogen (secondary N) is 1. The second-order valence-electron chi connectivity index (χ2n) is 4.86. The van der Waals surface area contributed by atoms with E-state index in [4.69, 9.17) is 0 Å². The molecule has 1 N–H and O–H groups in total. The Morgan fingerprint density at radius 3 is 2.74 bits per heavy atom. The van der Waals surface area contributed by atoms with Gasteiger partial charge in [-0.1, -0.05) is 13.8 Å². The third-order valence-electron chi connectivity index (χ3n) is 2.50. The topological polar surface area (TPSA) is 67.3 Å². The van der Waals surface area contributed by atoms with Crippen LogP contribution >= 0.6 is 0 Å². The van der Waals surface area contributed by atoms with Crippen molar-refractivity contribution in [2.24, 2.45) is 5.92 Å². The minimum absolute atomic E-state index is 0.0975. The zero-order valence-corrected chi connectivity index (χ0v) is 12.2. The molecule has 106 valence electrons. The number of aryl methyl sites for hydroxylation is 1. The Balaban J connectivity index is 2.78. The summed E-state index contributed by atoms with van der Waals surface area (Å²) in [5.41, 5.74) is 0. The summed E-state index contributed by atoms with van der Waals surface area (Å²) in [5.74, 6) is 2.36. The summed E-state index contributed by atoms with van der Waals surface area (Å²) in [4.78, 5) is 21.8. The first-order chi connectivity index (χ1) is 8.92. The van der Waals surface area contributed by atoms with Crippen LogP contribution in [-0.2, 0) is 9.53 Å². The fourth-order valence-electron chi connectivity index (χ4n) is 1.71. The average Bonchev–Trinajstić information content (AvgIpc) is 2.34. The van der Waals surface area contributed by atoms with E-state index < -0.39 is 0 Å². The molecule has 19 heavy (non-hydrogen) atoms. The van der Waals surface area contributed by atoms with Gasteiger partial charge in [0.25, 0.3) is 0 Å². The van der Waals surface area contributed by atoms with Crippen LogP contribution in [0.2, 0.25) is 0 Å². The second-order valence-corrected chi connectivity index (χ2v) is 4.86. The third kappa shape index (κ3) is 5.11. The molecule has 0 aliphatic carbocycles. The Labute approximate surface area is 114 Å². The van der Waals surface area contributed by atoms with Crippen LogP contribution in [0.4, 0.5) is 11.6 Å². The smallest absolute Gasteiger partial charge is 0.325 e. The molecule has 6 nitrogen and oxygen atoms in total. The highest BCUT2D eigenvalue weighted by Gasteiger charge is 2.09. The molecule has 0 saturated carbocycles. The molecular formula is C13H22N4O2. The molecule has 0 radical (unpaired) electrons. The van der Waals surface area contributed by atoms with E-state index in [1.165, 1.54) is 7.11 Å². The van der Waals surface area contributed by atoms with Crippen molar-refractivity contribution in [1.29, 1.82) is 0 Å². The molecule has 0 saturated heterocycles. The highest BCUT2D eigenvalue weighted by Crippen LogP contribution is 2.15. The van der Waals surface area contributed by atoms with Gasteiger partial charge in [-0.15, -0.1) is 0 Å². The number of rotatable bonds is 6. The summed E-state index contributed by atoms with van der Waals surface area (Å²) in [6.07, 6.45) is 0. The van der Waals surface area contributed by atoms with Crippen LogP contribution < -0.4 is 10.2 Å². The maximum Gasteiger partial charge on any atom is 0.325 e. The largest absolute Gasteiger partial charge is 0.468 e. The number of carbonyl (C=O) groups excluding carboxylic acids is 1. The lowest BCUT2D eigenvalue weighted by molar-refractivity contribution is -0.138. The molecule has 0 aromatic carbocycles. The fraction of sp³-hybridized carbons (Fsp3) is 0.615. The third-order valence-corrected chi connectivity index (χ3v) is 2.50. The number of aromatic nitrogens is 2. The van der Waals surface area contributed by atoms with Crippen LogP contribution in [-0.4, -0.2) is 43.2 Å². The first-order valence-corrected chi connectivity index (χ1v) is 6.30. The van der Waals surface area contributed by atoms with Crippen LogP contribution in [0.1, 0.15) is 19.7 Å². The Bertz CT molecular complexity index is 435. The number of ether oxygens (including phenoxy) is 1. The Kier molecular flexibility index (Phi) is 5.54. The van der Waals surface area contributed by atoms with Gasteiger partial charge in [0.15, 0.2) is 0 Å². The summed E-state index contributed by atoms with van der Waals surface area (Å²) in [7, 11) is 3.35. The van der Waals surface area contributed by atoms with Gasteiger partial charge < -0.3 is 15.0 Å². The number of carbonyl (C=O) groups is 1. The van der Waals surface area contributed by atoms with E-state index >= 15 is 0 Å². The molecule has 1 aromatic heterocycles. The first kappa shape index (κ1) is 15.2. The van der Waals surface area contributed by atoms with E-state index in [2.05, 4.69) is 38.8 Å². The number of methoxy groups -OCH3 is 1. The lowest BCUT2D eigenvalue weighted by Crippen LogP contribution is -2.24. The molecular weight excluding hydrogens is 244 g/mol. The molecule has 1 rings (SSSR count). The van der Waals surface area contributed by atoms with Gasteiger partial charge in [-0.3, -0.25) is 4.79 Å². The summed E-state index contributed by atoms with van der Waals surface area (Å²) in [5, 5.41) is 2.93. The number of anilines is 2. The van der Waals surface area contributed by atoms with E-state index in [1.54, 1.807) is 0 Å². The lowest BCUT2D eigenvalue weighted by atomic mass is 10.2. The van der Waals surface area contributed by atoms with Crippen LogP contribution in [0.3, 0.4) is 0 Å². The molecule has 0 amide bonds. The Hall–Kier alpha value is -1.85. The van der Waals surface area contributed by atoms with Gasteiger partial charge in [-0.25, -0.2) is 9.97 Å². The molecule has 1 aromatic rings. The summed E-state index contributed by atoms with van der Waals surface area (Å²) < 4.78 is 4.58. The summed E-state index contributed by atoms with van der Waals surface area (Å²) >= 11 is 0. The van der Waals surface area contributed by atoms with E-state index in [-0.39, 0.29) is 12.5 Å². The molecule has 0 bridgehead atoms. The van der Waals surface area contributed by atoms with Crippen molar-refractivity contribution in [1.82, 2.24) is 9.97 Å². The van der Waals surface area contributed by atoms with Gasteiger partial charge in [0.2, 0.25) is 0 Å². The van der Waals surface area contributed by atoms with Gasteiger partial charge in [-0.05, 0) is 12.8 Å². The van der Waals surface area contributed by atoms with Gasteiger partial charge in [0.1, 0.15) is 24.0 Å². The zero-order chi connectivity index (χ0) is 14.4. The standard InChI is InChI=1S/C13H22N4O2/c1-9(2)8-17(4)12-6-11(15-10(3)16-12)14-7-13(18)19-5/h6,9H,7-8H2,1-5H3,(H,14,15,16). The van der Waals surface area contributed by atoms with Crippen molar-refractivity contribution in [2.75, 3.05) is 37.5 Å². The van der Waals surface area contributed by atoms with Gasteiger partial charge in [0.05, 0.1) is 7.11 Å². The van der Waals surface area contributed by atoms with Gasteiger partial charge in [0, 0.05) is 19.7 Å². The SMILES string of the molecule is COC(=O)CNc1cc(N(C)CC(C)C)nc(C)n1. The minimum atomic E-state index is -0.326. The molecule has 0 spiro atoms. The molecule has 0 aliphatic heterocycles. The minimum Gasteiger partial charge on any atom is -0.468 e. The van der Waals surface area contributed by atoms with Crippen LogP contribution in [0.15, 0.2) is 6.07 Å². The summed E-state index contributed by atoms with van der Waals surface area (Å²) in [6, 6.07) is 1.83. The van der Waals surface area contributed by atoms with Crippen molar-refractivity contribution in [3.05, 3.63) is 11.9 Å². The highest BCUT2D eigenvalue weighted by molar-refractivity contribution is 5.74. The van der Waals surface area contributed by atoms with E-state index in [9.17, 15) is 4.79 Å². The van der Waals surface area contributed by atoms with Crippen molar-refractivity contribution >= 4 is 17.6 Å². The number of hydrogen-bond donors (Lipinski definition) is 1. The van der Waals surface area contributed by atoms with Crippen LogP contribution in [0.5, 0.6) is 0 Å². The molecule has 0 fully saturated rings. The fourth-order valence-corrected chi connectivity index (χ4v) is 1.71. The number of hydrogen-bond acceptors (Lipinski definition) is 6. The maximum atomic E-state index is 11.1.